The fourth-order valence-electron chi connectivity index (χ4n) is 1.52. The first-order valence-corrected chi connectivity index (χ1v) is 5.75. The van der Waals surface area contributed by atoms with E-state index in [-0.39, 0.29) is 18.6 Å². The van der Waals surface area contributed by atoms with Crippen molar-refractivity contribution < 1.29 is 19.4 Å². The van der Waals surface area contributed by atoms with E-state index in [0.717, 1.165) is 0 Å². The lowest BCUT2D eigenvalue weighted by atomic mass is 10.2. The predicted octanol–water partition coefficient (Wildman–Crippen LogP) is -0.0750. The van der Waals surface area contributed by atoms with Crippen LogP contribution in [0.25, 0.3) is 0 Å². The highest BCUT2D eigenvalue weighted by atomic mass is 16.6. The number of esters is 1. The summed E-state index contributed by atoms with van der Waals surface area (Å²) in [5, 5.41) is 12.1. The van der Waals surface area contributed by atoms with Crippen LogP contribution >= 0.6 is 0 Å². The summed E-state index contributed by atoms with van der Waals surface area (Å²) >= 11 is 0. The molecule has 1 saturated heterocycles. The largest absolute Gasteiger partial charge is 0.462 e. The van der Waals surface area contributed by atoms with E-state index in [1.165, 1.54) is 0 Å². The molecule has 94 valence electrons. The van der Waals surface area contributed by atoms with Gasteiger partial charge in [0.05, 0.1) is 12.7 Å². The summed E-state index contributed by atoms with van der Waals surface area (Å²) in [6.07, 6.45) is 0.000770. The molecule has 5 nitrogen and oxygen atoms in total. The van der Waals surface area contributed by atoms with Crippen LogP contribution in [0.3, 0.4) is 0 Å². The number of aliphatic hydroxyl groups excluding tert-OH is 1. The molecule has 2 N–H and O–H groups in total. The normalized spacial score (nSPS) is 25.0. The highest BCUT2D eigenvalue weighted by Crippen LogP contribution is 2.07. The second-order valence-corrected chi connectivity index (χ2v) is 4.49. The Balaban J connectivity index is 2.02. The standard InChI is InChI=1S/C11H21NO4/c1-8(2)7-15-3-4-16-11(14)10-5-9(13)6-12-10/h8-10,12-13H,3-7H2,1-2H3/t9?,10-/m0/s1. The Hall–Kier alpha value is -0.650. The third kappa shape index (κ3) is 4.92. The van der Waals surface area contributed by atoms with E-state index in [4.69, 9.17) is 9.47 Å². The van der Waals surface area contributed by atoms with Gasteiger partial charge in [-0.25, -0.2) is 0 Å². The van der Waals surface area contributed by atoms with Crippen LogP contribution in [0.4, 0.5) is 0 Å². The fraction of sp³-hybridized carbons (Fsp3) is 0.909. The van der Waals surface area contributed by atoms with Crippen molar-refractivity contribution in [2.75, 3.05) is 26.4 Å². The van der Waals surface area contributed by atoms with Gasteiger partial charge in [0.25, 0.3) is 0 Å². The Bertz CT molecular complexity index is 220. The van der Waals surface area contributed by atoms with Gasteiger partial charge in [-0.1, -0.05) is 13.8 Å². The second kappa shape index (κ2) is 6.83. The molecule has 0 aromatic carbocycles. The van der Waals surface area contributed by atoms with Crippen LogP contribution in [0.5, 0.6) is 0 Å². The van der Waals surface area contributed by atoms with Crippen molar-refractivity contribution >= 4 is 5.97 Å². The van der Waals surface area contributed by atoms with Gasteiger partial charge in [0.15, 0.2) is 0 Å². The molecule has 0 aromatic rings. The van der Waals surface area contributed by atoms with Crippen molar-refractivity contribution in [1.29, 1.82) is 0 Å². The van der Waals surface area contributed by atoms with Crippen LogP contribution in [0.1, 0.15) is 20.3 Å². The number of hydrogen-bond acceptors (Lipinski definition) is 5. The summed E-state index contributed by atoms with van der Waals surface area (Å²) in [4.78, 5) is 11.4. The average molecular weight is 231 g/mol. The average Bonchev–Trinajstić information content (AvgIpc) is 2.63. The molecule has 1 heterocycles. The van der Waals surface area contributed by atoms with Crippen molar-refractivity contribution in [2.45, 2.75) is 32.4 Å². The van der Waals surface area contributed by atoms with Gasteiger partial charge in [-0.05, 0) is 5.92 Å². The summed E-state index contributed by atoms with van der Waals surface area (Å²) in [5.41, 5.74) is 0. The third-order valence-corrected chi connectivity index (χ3v) is 2.32. The molecule has 16 heavy (non-hydrogen) atoms. The summed E-state index contributed by atoms with van der Waals surface area (Å²) in [5.74, 6) is 0.187. The number of aliphatic hydroxyl groups is 1. The summed E-state index contributed by atoms with van der Waals surface area (Å²) in [6, 6.07) is -0.361. The zero-order valence-electron chi connectivity index (χ0n) is 9.94. The first kappa shape index (κ1) is 13.4. The monoisotopic (exact) mass is 231 g/mol. The van der Waals surface area contributed by atoms with Crippen LogP contribution in [-0.4, -0.2) is 49.6 Å². The molecule has 0 spiro atoms. The first-order chi connectivity index (χ1) is 7.59. The molecule has 5 heteroatoms. The molecular formula is C11H21NO4. The molecular weight excluding hydrogens is 210 g/mol. The van der Waals surface area contributed by atoms with E-state index in [0.29, 0.717) is 32.1 Å². The molecule has 0 saturated carbocycles. The van der Waals surface area contributed by atoms with Crippen LogP contribution < -0.4 is 5.32 Å². The number of rotatable bonds is 6. The van der Waals surface area contributed by atoms with Crippen molar-refractivity contribution in [1.82, 2.24) is 5.32 Å². The molecule has 0 radical (unpaired) electrons. The van der Waals surface area contributed by atoms with Crippen LogP contribution in [0, 0.1) is 5.92 Å². The molecule has 1 fully saturated rings. The molecule has 0 aliphatic carbocycles. The molecule has 1 aliphatic heterocycles. The Morgan fingerprint density at radius 2 is 2.25 bits per heavy atom. The minimum absolute atomic E-state index is 0.278. The van der Waals surface area contributed by atoms with Crippen LogP contribution in [0.2, 0.25) is 0 Å². The van der Waals surface area contributed by atoms with Crippen molar-refractivity contribution in [2.24, 2.45) is 5.92 Å². The second-order valence-electron chi connectivity index (χ2n) is 4.49. The minimum Gasteiger partial charge on any atom is -0.462 e. The van der Waals surface area contributed by atoms with Gasteiger partial charge in [-0.2, -0.15) is 0 Å². The predicted molar refractivity (Wildman–Crippen MR) is 59.0 cm³/mol. The summed E-state index contributed by atoms with van der Waals surface area (Å²) in [6.45, 7) is 5.98. The Labute approximate surface area is 96.1 Å². The van der Waals surface area contributed by atoms with E-state index in [2.05, 4.69) is 19.2 Å². The lowest BCUT2D eigenvalue weighted by Crippen LogP contribution is -2.33. The fourth-order valence-corrected chi connectivity index (χ4v) is 1.52. The molecule has 1 aliphatic rings. The molecule has 0 aromatic heterocycles. The van der Waals surface area contributed by atoms with Gasteiger partial charge in [0, 0.05) is 19.6 Å². The number of carbonyl (C=O) groups is 1. The van der Waals surface area contributed by atoms with Gasteiger partial charge >= 0.3 is 5.97 Å². The summed E-state index contributed by atoms with van der Waals surface area (Å²) in [7, 11) is 0. The summed E-state index contributed by atoms with van der Waals surface area (Å²) < 4.78 is 10.3. The maximum Gasteiger partial charge on any atom is 0.323 e. The number of carbonyl (C=O) groups excluding carboxylic acids is 1. The van der Waals surface area contributed by atoms with E-state index in [9.17, 15) is 9.90 Å². The van der Waals surface area contributed by atoms with Crippen molar-refractivity contribution in [3.05, 3.63) is 0 Å². The van der Waals surface area contributed by atoms with Gasteiger partial charge < -0.3 is 19.9 Å². The smallest absolute Gasteiger partial charge is 0.323 e. The van der Waals surface area contributed by atoms with E-state index >= 15 is 0 Å². The van der Waals surface area contributed by atoms with E-state index in [1.54, 1.807) is 0 Å². The number of hydrogen-bond donors (Lipinski definition) is 2. The maximum absolute atomic E-state index is 11.4. The zero-order valence-corrected chi connectivity index (χ0v) is 9.94. The van der Waals surface area contributed by atoms with Crippen LogP contribution in [0.15, 0.2) is 0 Å². The van der Waals surface area contributed by atoms with Gasteiger partial charge in [-0.3, -0.25) is 4.79 Å². The quantitative estimate of drug-likeness (QED) is 0.494. The van der Waals surface area contributed by atoms with Crippen molar-refractivity contribution in [3.63, 3.8) is 0 Å². The molecule has 0 amide bonds. The first-order valence-electron chi connectivity index (χ1n) is 5.75. The lowest BCUT2D eigenvalue weighted by molar-refractivity contribution is -0.147. The maximum atomic E-state index is 11.4. The number of nitrogens with one attached hydrogen (secondary N) is 1. The van der Waals surface area contributed by atoms with Gasteiger partial charge in [0.1, 0.15) is 12.6 Å². The van der Waals surface area contributed by atoms with Crippen LogP contribution in [-0.2, 0) is 14.3 Å². The molecule has 1 unspecified atom stereocenters. The lowest BCUT2D eigenvalue weighted by Gasteiger charge is -2.11. The third-order valence-electron chi connectivity index (χ3n) is 2.32. The Morgan fingerprint density at radius 1 is 1.50 bits per heavy atom. The minimum atomic E-state index is -0.435. The highest BCUT2D eigenvalue weighted by Gasteiger charge is 2.28. The molecule has 2 atom stereocenters. The van der Waals surface area contributed by atoms with Gasteiger partial charge in [0.2, 0.25) is 0 Å². The van der Waals surface area contributed by atoms with Crippen molar-refractivity contribution in [3.8, 4) is 0 Å². The Kier molecular flexibility index (Phi) is 5.73. The highest BCUT2D eigenvalue weighted by molar-refractivity contribution is 5.76. The zero-order chi connectivity index (χ0) is 12.0. The molecule has 0 bridgehead atoms. The molecule has 1 rings (SSSR count). The van der Waals surface area contributed by atoms with Gasteiger partial charge in [-0.15, -0.1) is 0 Å². The number of β-amino-alcohol motifs (C(OH)–C–C–N with tert-alkyl or cyclic N) is 1. The van der Waals surface area contributed by atoms with E-state index in [1.807, 2.05) is 0 Å². The Morgan fingerprint density at radius 3 is 2.81 bits per heavy atom. The number of ether oxygens (including phenoxy) is 2. The van der Waals surface area contributed by atoms with E-state index < -0.39 is 6.10 Å². The topological polar surface area (TPSA) is 67.8 Å². The SMILES string of the molecule is CC(C)COCCOC(=O)[C@@H]1CC(O)CN1.